The number of hydrogen-bond acceptors (Lipinski definition) is 3. The SMILES string of the molecule is CC(C)NC(=O)Nc1ccc(CNC(=O)C(C)N)cc1. The lowest BCUT2D eigenvalue weighted by molar-refractivity contribution is -0.122. The zero-order chi connectivity index (χ0) is 15.1. The second-order valence-corrected chi connectivity index (χ2v) is 4.96. The number of urea groups is 1. The molecule has 1 unspecified atom stereocenters. The smallest absolute Gasteiger partial charge is 0.319 e. The first-order chi connectivity index (χ1) is 9.38. The maximum absolute atomic E-state index is 11.5. The summed E-state index contributed by atoms with van der Waals surface area (Å²) in [5, 5.41) is 8.18. The Hall–Kier alpha value is -2.08. The highest BCUT2D eigenvalue weighted by Crippen LogP contribution is 2.09. The number of hydrogen-bond donors (Lipinski definition) is 4. The van der Waals surface area contributed by atoms with E-state index in [0.29, 0.717) is 12.2 Å². The first kappa shape index (κ1) is 16.0. The van der Waals surface area contributed by atoms with Gasteiger partial charge in [-0.3, -0.25) is 4.79 Å². The second kappa shape index (κ2) is 7.49. The zero-order valence-electron chi connectivity index (χ0n) is 12.1. The van der Waals surface area contributed by atoms with Gasteiger partial charge in [-0.05, 0) is 38.5 Å². The van der Waals surface area contributed by atoms with Crippen molar-refractivity contribution in [2.24, 2.45) is 5.73 Å². The fourth-order valence-corrected chi connectivity index (χ4v) is 1.49. The summed E-state index contributed by atoms with van der Waals surface area (Å²) in [5.41, 5.74) is 7.09. The third kappa shape index (κ3) is 5.71. The maximum Gasteiger partial charge on any atom is 0.319 e. The van der Waals surface area contributed by atoms with Crippen molar-refractivity contribution < 1.29 is 9.59 Å². The van der Waals surface area contributed by atoms with Crippen molar-refractivity contribution in [1.29, 1.82) is 0 Å². The highest BCUT2D eigenvalue weighted by Gasteiger charge is 2.06. The van der Waals surface area contributed by atoms with E-state index in [-0.39, 0.29) is 18.0 Å². The molecule has 110 valence electrons. The lowest BCUT2D eigenvalue weighted by Gasteiger charge is -2.11. The molecule has 0 aliphatic carbocycles. The Labute approximate surface area is 119 Å². The number of carbonyl (C=O) groups is 2. The molecule has 0 saturated carbocycles. The number of amides is 3. The predicted octanol–water partition coefficient (Wildman–Crippen LogP) is 1.18. The summed E-state index contributed by atoms with van der Waals surface area (Å²) in [7, 11) is 0. The number of nitrogens with two attached hydrogens (primary N) is 1. The van der Waals surface area contributed by atoms with E-state index in [1.54, 1.807) is 19.1 Å². The summed E-state index contributed by atoms with van der Waals surface area (Å²) in [5.74, 6) is -0.191. The maximum atomic E-state index is 11.5. The lowest BCUT2D eigenvalue weighted by Crippen LogP contribution is -2.37. The molecule has 1 aromatic carbocycles. The first-order valence-electron chi connectivity index (χ1n) is 6.58. The Kier molecular flexibility index (Phi) is 5.99. The van der Waals surface area contributed by atoms with Crippen molar-refractivity contribution in [3.05, 3.63) is 29.8 Å². The van der Waals surface area contributed by atoms with Crippen LogP contribution in [-0.4, -0.2) is 24.0 Å². The summed E-state index contributed by atoms with van der Waals surface area (Å²) < 4.78 is 0. The van der Waals surface area contributed by atoms with Gasteiger partial charge in [-0.25, -0.2) is 4.79 Å². The van der Waals surface area contributed by atoms with Crippen LogP contribution in [0.3, 0.4) is 0 Å². The Bertz CT molecular complexity index is 455. The van der Waals surface area contributed by atoms with Crippen LogP contribution in [0.25, 0.3) is 0 Å². The minimum absolute atomic E-state index is 0.0859. The number of carbonyl (C=O) groups excluding carboxylic acids is 2. The fourth-order valence-electron chi connectivity index (χ4n) is 1.49. The summed E-state index contributed by atoms with van der Waals surface area (Å²) in [6.45, 7) is 5.84. The molecule has 0 saturated heterocycles. The van der Waals surface area contributed by atoms with E-state index in [2.05, 4.69) is 16.0 Å². The molecule has 0 aliphatic heterocycles. The van der Waals surface area contributed by atoms with Gasteiger partial charge in [0.1, 0.15) is 0 Å². The van der Waals surface area contributed by atoms with Gasteiger partial charge in [0, 0.05) is 18.3 Å². The molecular weight excluding hydrogens is 256 g/mol. The minimum atomic E-state index is -0.518. The summed E-state index contributed by atoms with van der Waals surface area (Å²) in [4.78, 5) is 22.8. The number of nitrogens with one attached hydrogen (secondary N) is 3. The molecule has 6 heteroatoms. The third-order valence-corrected chi connectivity index (χ3v) is 2.51. The molecule has 1 atom stereocenters. The van der Waals surface area contributed by atoms with Gasteiger partial charge in [-0.1, -0.05) is 12.1 Å². The fraction of sp³-hybridized carbons (Fsp3) is 0.429. The summed E-state index contributed by atoms with van der Waals surface area (Å²) >= 11 is 0. The Morgan fingerprint density at radius 1 is 1.15 bits per heavy atom. The topological polar surface area (TPSA) is 96.2 Å². The molecular formula is C14H22N4O2. The van der Waals surface area contributed by atoms with Gasteiger partial charge >= 0.3 is 6.03 Å². The molecule has 0 fully saturated rings. The van der Waals surface area contributed by atoms with Crippen LogP contribution in [0.5, 0.6) is 0 Å². The van der Waals surface area contributed by atoms with Crippen molar-refractivity contribution in [3.8, 4) is 0 Å². The van der Waals surface area contributed by atoms with Crippen LogP contribution < -0.4 is 21.7 Å². The van der Waals surface area contributed by atoms with Crippen LogP contribution in [0, 0.1) is 0 Å². The van der Waals surface area contributed by atoms with Crippen LogP contribution >= 0.6 is 0 Å². The number of benzene rings is 1. The van der Waals surface area contributed by atoms with Gasteiger partial charge in [0.2, 0.25) is 5.91 Å². The molecule has 0 spiro atoms. The molecule has 0 heterocycles. The Morgan fingerprint density at radius 2 is 1.75 bits per heavy atom. The second-order valence-electron chi connectivity index (χ2n) is 4.96. The Balaban J connectivity index is 2.48. The first-order valence-corrected chi connectivity index (χ1v) is 6.58. The van der Waals surface area contributed by atoms with Crippen molar-refractivity contribution >= 4 is 17.6 Å². The average molecular weight is 278 g/mol. The van der Waals surface area contributed by atoms with Crippen molar-refractivity contribution in [3.63, 3.8) is 0 Å². The number of rotatable bonds is 5. The molecule has 0 aromatic heterocycles. The van der Waals surface area contributed by atoms with E-state index in [9.17, 15) is 9.59 Å². The van der Waals surface area contributed by atoms with Crippen molar-refractivity contribution in [2.75, 3.05) is 5.32 Å². The molecule has 0 radical (unpaired) electrons. The van der Waals surface area contributed by atoms with Gasteiger partial charge in [0.05, 0.1) is 6.04 Å². The van der Waals surface area contributed by atoms with Crippen LogP contribution in [0.1, 0.15) is 26.3 Å². The minimum Gasteiger partial charge on any atom is -0.351 e. The Morgan fingerprint density at radius 3 is 2.25 bits per heavy atom. The van der Waals surface area contributed by atoms with Crippen molar-refractivity contribution in [2.45, 2.75) is 39.4 Å². The van der Waals surface area contributed by atoms with Crippen LogP contribution in [-0.2, 0) is 11.3 Å². The summed E-state index contributed by atoms with van der Waals surface area (Å²) in [6, 6.07) is 6.58. The van der Waals surface area contributed by atoms with Crippen LogP contribution in [0.2, 0.25) is 0 Å². The van der Waals surface area contributed by atoms with Crippen LogP contribution in [0.15, 0.2) is 24.3 Å². The van der Waals surface area contributed by atoms with Gasteiger partial charge in [-0.15, -0.1) is 0 Å². The molecule has 5 N–H and O–H groups in total. The lowest BCUT2D eigenvalue weighted by atomic mass is 10.2. The molecule has 3 amide bonds. The van der Waals surface area contributed by atoms with Crippen molar-refractivity contribution in [1.82, 2.24) is 10.6 Å². The van der Waals surface area contributed by atoms with E-state index in [1.807, 2.05) is 26.0 Å². The molecule has 0 bridgehead atoms. The van der Waals surface area contributed by atoms with E-state index in [4.69, 9.17) is 5.73 Å². The standard InChI is InChI=1S/C14H22N4O2/c1-9(2)17-14(20)18-12-6-4-11(5-7-12)8-16-13(19)10(3)15/h4-7,9-10H,8,15H2,1-3H3,(H,16,19)(H2,17,18,20). The van der Waals surface area contributed by atoms with Gasteiger partial charge in [0.15, 0.2) is 0 Å². The predicted molar refractivity (Wildman–Crippen MR) is 79.2 cm³/mol. The van der Waals surface area contributed by atoms with E-state index in [0.717, 1.165) is 5.56 Å². The highest BCUT2D eigenvalue weighted by molar-refractivity contribution is 5.89. The van der Waals surface area contributed by atoms with E-state index in [1.165, 1.54) is 0 Å². The van der Waals surface area contributed by atoms with E-state index < -0.39 is 6.04 Å². The monoisotopic (exact) mass is 278 g/mol. The molecule has 6 nitrogen and oxygen atoms in total. The largest absolute Gasteiger partial charge is 0.351 e. The summed E-state index contributed by atoms with van der Waals surface area (Å²) in [6.07, 6.45) is 0. The third-order valence-electron chi connectivity index (χ3n) is 2.51. The highest BCUT2D eigenvalue weighted by atomic mass is 16.2. The number of anilines is 1. The molecule has 0 aliphatic rings. The molecule has 1 aromatic rings. The zero-order valence-corrected chi connectivity index (χ0v) is 12.1. The quantitative estimate of drug-likeness (QED) is 0.651. The van der Waals surface area contributed by atoms with Gasteiger partial charge in [-0.2, -0.15) is 0 Å². The van der Waals surface area contributed by atoms with Gasteiger partial charge < -0.3 is 21.7 Å². The van der Waals surface area contributed by atoms with Gasteiger partial charge in [0.25, 0.3) is 0 Å². The molecule has 1 rings (SSSR count). The normalized spacial score (nSPS) is 11.8. The molecule has 20 heavy (non-hydrogen) atoms. The van der Waals surface area contributed by atoms with E-state index >= 15 is 0 Å². The average Bonchev–Trinajstić information content (AvgIpc) is 2.36. The van der Waals surface area contributed by atoms with Crippen LogP contribution in [0.4, 0.5) is 10.5 Å².